The summed E-state index contributed by atoms with van der Waals surface area (Å²) in [6.07, 6.45) is 2.58. The number of carbonyl (C=O) groups excluding carboxylic acids is 1. The van der Waals surface area contributed by atoms with Crippen molar-refractivity contribution in [3.8, 4) is 0 Å². The van der Waals surface area contributed by atoms with Gasteiger partial charge in [0.1, 0.15) is 0 Å². The molecule has 2 N–H and O–H groups in total. The minimum atomic E-state index is -3.66. The second kappa shape index (κ2) is 8.98. The van der Waals surface area contributed by atoms with E-state index in [4.69, 9.17) is 11.6 Å². The van der Waals surface area contributed by atoms with Crippen LogP contribution in [-0.2, 0) is 16.4 Å². The number of amides is 1. The quantitative estimate of drug-likeness (QED) is 0.566. The minimum Gasteiger partial charge on any atom is -0.361 e. The Bertz CT molecular complexity index is 1120. The third-order valence-electron chi connectivity index (χ3n) is 4.88. The predicted octanol–water partition coefficient (Wildman–Crippen LogP) is 3.82. The summed E-state index contributed by atoms with van der Waals surface area (Å²) in [5.74, 6) is -0.397. The van der Waals surface area contributed by atoms with E-state index in [1.165, 1.54) is 22.5 Å². The van der Waals surface area contributed by atoms with Crippen LogP contribution in [0.4, 0.5) is 0 Å². The van der Waals surface area contributed by atoms with E-state index in [1.54, 1.807) is 13.8 Å². The molecule has 0 aliphatic heterocycles. The summed E-state index contributed by atoms with van der Waals surface area (Å²) in [5, 5.41) is 4.17. The summed E-state index contributed by atoms with van der Waals surface area (Å²) >= 11 is 6.17. The van der Waals surface area contributed by atoms with Gasteiger partial charge in [0.15, 0.2) is 0 Å². The number of para-hydroxylation sites is 1. The summed E-state index contributed by atoms with van der Waals surface area (Å²) in [7, 11) is -3.66. The van der Waals surface area contributed by atoms with Crippen molar-refractivity contribution in [2.45, 2.75) is 25.2 Å². The number of halogens is 1. The Morgan fingerprint density at radius 2 is 1.86 bits per heavy atom. The Hall–Kier alpha value is -2.35. The van der Waals surface area contributed by atoms with Crippen LogP contribution in [0.25, 0.3) is 10.9 Å². The predicted molar refractivity (Wildman–Crippen MR) is 116 cm³/mol. The van der Waals surface area contributed by atoms with Crippen LogP contribution in [0.15, 0.2) is 53.6 Å². The van der Waals surface area contributed by atoms with Crippen LogP contribution in [0.5, 0.6) is 0 Å². The molecule has 0 saturated heterocycles. The van der Waals surface area contributed by atoms with Crippen molar-refractivity contribution in [2.24, 2.45) is 0 Å². The number of aromatic amines is 1. The van der Waals surface area contributed by atoms with Gasteiger partial charge in [-0.1, -0.05) is 43.6 Å². The van der Waals surface area contributed by atoms with Crippen LogP contribution in [-0.4, -0.2) is 43.2 Å². The lowest BCUT2D eigenvalue weighted by Crippen LogP contribution is -2.31. The normalized spacial score (nSPS) is 11.9. The Balaban J connectivity index is 1.73. The molecule has 0 atom stereocenters. The molecule has 0 fully saturated rings. The molecule has 1 heterocycles. The fourth-order valence-corrected chi connectivity index (χ4v) is 4.98. The van der Waals surface area contributed by atoms with E-state index in [1.807, 2.05) is 30.5 Å². The second-order valence-electron chi connectivity index (χ2n) is 6.60. The van der Waals surface area contributed by atoms with Crippen LogP contribution in [0, 0.1) is 0 Å². The molecule has 6 nitrogen and oxygen atoms in total. The first kappa shape index (κ1) is 21.4. The van der Waals surface area contributed by atoms with Gasteiger partial charge in [-0.25, -0.2) is 8.42 Å². The van der Waals surface area contributed by atoms with E-state index in [9.17, 15) is 13.2 Å². The summed E-state index contributed by atoms with van der Waals surface area (Å²) < 4.78 is 26.8. The molecular weight excluding hydrogens is 410 g/mol. The van der Waals surface area contributed by atoms with Crippen LogP contribution >= 0.6 is 11.6 Å². The molecule has 0 unspecified atom stereocenters. The van der Waals surface area contributed by atoms with Crippen molar-refractivity contribution in [1.82, 2.24) is 14.6 Å². The van der Waals surface area contributed by atoms with Crippen LogP contribution in [0.1, 0.15) is 29.8 Å². The number of hydrogen-bond donors (Lipinski definition) is 2. The summed E-state index contributed by atoms with van der Waals surface area (Å²) in [4.78, 5) is 15.9. The smallest absolute Gasteiger partial charge is 0.252 e. The monoisotopic (exact) mass is 433 g/mol. The Kier molecular flexibility index (Phi) is 6.62. The highest BCUT2D eigenvalue weighted by Gasteiger charge is 2.23. The summed E-state index contributed by atoms with van der Waals surface area (Å²) in [6, 6.07) is 12.2. The van der Waals surface area contributed by atoms with Gasteiger partial charge in [-0.15, -0.1) is 0 Å². The average molecular weight is 434 g/mol. The Morgan fingerprint density at radius 1 is 1.14 bits per heavy atom. The molecule has 1 amide bonds. The molecule has 0 radical (unpaired) electrons. The lowest BCUT2D eigenvalue weighted by molar-refractivity contribution is 0.0954. The first-order valence-electron chi connectivity index (χ1n) is 9.51. The van der Waals surface area contributed by atoms with Crippen molar-refractivity contribution in [2.75, 3.05) is 19.6 Å². The maximum atomic E-state index is 12.7. The van der Waals surface area contributed by atoms with Gasteiger partial charge in [-0.2, -0.15) is 4.31 Å². The molecule has 3 rings (SSSR count). The molecular formula is C21H24ClN3O3S. The van der Waals surface area contributed by atoms with Gasteiger partial charge in [0.05, 0.1) is 15.5 Å². The standard InChI is InChI=1S/C21H24ClN3O3S/c1-3-25(4-2)29(27,28)16-9-10-19(22)18(13-16)21(26)23-12-11-15-14-24-20-8-6-5-7-17(15)20/h5-10,13-14,24H,3-4,11-12H2,1-2H3,(H,23,26). The van der Waals surface area contributed by atoms with E-state index in [2.05, 4.69) is 10.3 Å². The number of rotatable bonds is 8. The van der Waals surface area contributed by atoms with Gasteiger partial charge in [-0.3, -0.25) is 4.79 Å². The minimum absolute atomic E-state index is 0.0624. The van der Waals surface area contributed by atoms with Gasteiger partial charge in [0.25, 0.3) is 5.91 Å². The molecule has 0 spiro atoms. The zero-order valence-electron chi connectivity index (χ0n) is 16.4. The lowest BCUT2D eigenvalue weighted by atomic mass is 10.1. The van der Waals surface area contributed by atoms with Crippen LogP contribution < -0.4 is 5.32 Å². The van der Waals surface area contributed by atoms with Gasteiger partial charge in [0, 0.05) is 36.7 Å². The highest BCUT2D eigenvalue weighted by molar-refractivity contribution is 7.89. The highest BCUT2D eigenvalue weighted by atomic mass is 35.5. The Labute approximate surface area is 175 Å². The van der Waals surface area contributed by atoms with Gasteiger partial charge < -0.3 is 10.3 Å². The maximum Gasteiger partial charge on any atom is 0.252 e. The van der Waals surface area contributed by atoms with Gasteiger partial charge in [-0.05, 0) is 36.2 Å². The number of fused-ring (bicyclic) bond motifs is 1. The number of nitrogens with one attached hydrogen (secondary N) is 2. The van der Waals surface area contributed by atoms with Crippen molar-refractivity contribution in [1.29, 1.82) is 0 Å². The molecule has 0 saturated carbocycles. The lowest BCUT2D eigenvalue weighted by Gasteiger charge is -2.19. The highest BCUT2D eigenvalue weighted by Crippen LogP contribution is 2.23. The second-order valence-corrected chi connectivity index (χ2v) is 8.94. The van der Waals surface area contributed by atoms with Gasteiger partial charge >= 0.3 is 0 Å². The van der Waals surface area contributed by atoms with E-state index < -0.39 is 15.9 Å². The number of benzene rings is 2. The van der Waals surface area contributed by atoms with E-state index >= 15 is 0 Å². The third-order valence-corrected chi connectivity index (χ3v) is 7.26. The van der Waals surface area contributed by atoms with Crippen molar-refractivity contribution >= 4 is 38.4 Å². The summed E-state index contributed by atoms with van der Waals surface area (Å²) in [5.41, 5.74) is 2.30. The summed E-state index contributed by atoms with van der Waals surface area (Å²) in [6.45, 7) is 4.66. The number of hydrogen-bond acceptors (Lipinski definition) is 3. The molecule has 2 aromatic carbocycles. The van der Waals surface area contributed by atoms with E-state index in [-0.39, 0.29) is 15.5 Å². The zero-order valence-corrected chi connectivity index (χ0v) is 18.0. The van der Waals surface area contributed by atoms with Crippen molar-refractivity contribution in [3.05, 3.63) is 64.8 Å². The number of aromatic nitrogens is 1. The molecule has 0 bridgehead atoms. The fraction of sp³-hybridized carbons (Fsp3) is 0.286. The van der Waals surface area contributed by atoms with Crippen LogP contribution in [0.3, 0.4) is 0 Å². The largest absolute Gasteiger partial charge is 0.361 e. The zero-order chi connectivity index (χ0) is 21.0. The SMILES string of the molecule is CCN(CC)S(=O)(=O)c1ccc(Cl)c(C(=O)NCCc2c[nH]c3ccccc23)c1. The van der Waals surface area contributed by atoms with E-state index in [0.29, 0.717) is 26.1 Å². The van der Waals surface area contributed by atoms with Crippen molar-refractivity contribution < 1.29 is 13.2 Å². The molecule has 8 heteroatoms. The topological polar surface area (TPSA) is 82.3 Å². The van der Waals surface area contributed by atoms with Crippen LogP contribution in [0.2, 0.25) is 5.02 Å². The third kappa shape index (κ3) is 4.47. The fourth-order valence-electron chi connectivity index (χ4n) is 3.30. The molecule has 0 aliphatic rings. The molecule has 0 aliphatic carbocycles. The first-order chi connectivity index (χ1) is 13.9. The average Bonchev–Trinajstić information content (AvgIpc) is 3.12. The molecule has 154 valence electrons. The number of sulfonamides is 1. The maximum absolute atomic E-state index is 12.7. The molecule has 29 heavy (non-hydrogen) atoms. The number of carbonyl (C=O) groups is 1. The van der Waals surface area contributed by atoms with E-state index in [0.717, 1.165) is 16.5 Å². The first-order valence-corrected chi connectivity index (χ1v) is 11.3. The Morgan fingerprint density at radius 3 is 2.59 bits per heavy atom. The molecule has 1 aromatic heterocycles. The molecule has 3 aromatic rings. The van der Waals surface area contributed by atoms with Crippen molar-refractivity contribution in [3.63, 3.8) is 0 Å². The van der Waals surface area contributed by atoms with Gasteiger partial charge in [0.2, 0.25) is 10.0 Å². The number of H-pyrrole nitrogens is 1. The number of nitrogens with zero attached hydrogens (tertiary/aromatic N) is 1.